The number of hydrogen-bond acceptors (Lipinski definition) is 4. The fourth-order valence-electron chi connectivity index (χ4n) is 6.56. The van der Waals surface area contributed by atoms with E-state index in [1.54, 1.807) is 0 Å². The zero-order chi connectivity index (χ0) is 25.6. The van der Waals surface area contributed by atoms with Crippen molar-refractivity contribution in [3.63, 3.8) is 0 Å². The van der Waals surface area contributed by atoms with Crippen LogP contribution in [0.1, 0.15) is 55.3 Å². The van der Waals surface area contributed by atoms with Crippen molar-refractivity contribution >= 4 is 33.7 Å². The van der Waals surface area contributed by atoms with Crippen molar-refractivity contribution in [3.05, 3.63) is 81.5 Å². The van der Waals surface area contributed by atoms with Crippen LogP contribution >= 0.6 is 27.5 Å². The second-order valence-electron chi connectivity index (χ2n) is 10.7. The summed E-state index contributed by atoms with van der Waals surface area (Å²) in [6.45, 7) is 7.88. The number of piperazine rings is 1. The number of benzene rings is 2. The molecule has 2 heterocycles. The Hall–Kier alpha value is -1.50. The maximum Gasteiger partial charge on any atom is 0.0778 e. The van der Waals surface area contributed by atoms with Crippen LogP contribution in [0, 0.1) is 0 Å². The normalized spacial score (nSPS) is 24.4. The molecular weight excluding hydrogens is 544 g/mol. The number of piperidine rings is 1. The summed E-state index contributed by atoms with van der Waals surface area (Å²) in [6, 6.07) is 18.9. The summed E-state index contributed by atoms with van der Waals surface area (Å²) in [5.74, 6) is 0. The maximum atomic E-state index is 6.45. The minimum Gasteiger partial charge on any atom is -0.311 e. The van der Waals surface area contributed by atoms with Gasteiger partial charge in [-0.25, -0.2) is 0 Å². The number of aliphatic imine (C=N–C) groups is 1. The monoisotopic (exact) mass is 582 g/mol. The van der Waals surface area contributed by atoms with Gasteiger partial charge in [0.1, 0.15) is 0 Å². The zero-order valence-electron chi connectivity index (χ0n) is 22.0. The van der Waals surface area contributed by atoms with Gasteiger partial charge in [-0.05, 0) is 72.9 Å². The summed E-state index contributed by atoms with van der Waals surface area (Å²) in [6.07, 6.45) is 8.73. The van der Waals surface area contributed by atoms with E-state index >= 15 is 0 Å². The fourth-order valence-corrected chi connectivity index (χ4v) is 6.90. The van der Waals surface area contributed by atoms with Crippen LogP contribution in [0.4, 0.5) is 0 Å². The lowest BCUT2D eigenvalue weighted by molar-refractivity contribution is 0.0712. The average molecular weight is 584 g/mol. The standard InChI is InChI=1S/C31H40BrClN4/c1-2-24-8-9-25-21-26(33)10-11-29(25)31(30(24)35-15-14-32)36-17-12-28(13-18-36)37-19-16-34-27(22-37)20-23-6-4-3-5-7-23/h3-7,10-11,15,21,27-28,31,34H,2,8-9,12-14,16-20,22H2,1H3. The minimum atomic E-state index is 0.217. The van der Waals surface area contributed by atoms with E-state index < -0.39 is 0 Å². The molecule has 0 aromatic heterocycles. The van der Waals surface area contributed by atoms with Gasteiger partial charge in [-0.2, -0.15) is 0 Å². The molecule has 37 heavy (non-hydrogen) atoms. The number of fused-ring (bicyclic) bond motifs is 1. The van der Waals surface area contributed by atoms with Crippen molar-refractivity contribution in [1.29, 1.82) is 0 Å². The molecule has 2 aromatic carbocycles. The molecule has 0 bridgehead atoms. The van der Waals surface area contributed by atoms with Gasteiger partial charge in [-0.1, -0.05) is 70.9 Å². The van der Waals surface area contributed by atoms with Crippen molar-refractivity contribution in [2.45, 2.75) is 63.6 Å². The van der Waals surface area contributed by atoms with E-state index in [1.807, 2.05) is 6.21 Å². The number of nitrogens with zero attached hydrogens (tertiary/aromatic N) is 3. The van der Waals surface area contributed by atoms with Crippen LogP contribution < -0.4 is 5.32 Å². The number of allylic oxidation sites excluding steroid dienone is 1. The van der Waals surface area contributed by atoms with E-state index in [0.29, 0.717) is 12.1 Å². The summed E-state index contributed by atoms with van der Waals surface area (Å²) in [4.78, 5) is 10.5. The summed E-state index contributed by atoms with van der Waals surface area (Å²) < 4.78 is 0. The van der Waals surface area contributed by atoms with Gasteiger partial charge in [0.15, 0.2) is 0 Å². The molecule has 3 aliphatic rings. The third-order valence-corrected chi connectivity index (χ3v) is 8.96. The molecule has 0 radical (unpaired) electrons. The Morgan fingerprint density at radius 3 is 2.62 bits per heavy atom. The van der Waals surface area contributed by atoms with Gasteiger partial charge in [0, 0.05) is 61.4 Å². The third kappa shape index (κ3) is 6.57. The molecule has 2 aromatic rings. The molecule has 2 fully saturated rings. The second kappa shape index (κ2) is 13.0. The molecule has 0 saturated carbocycles. The van der Waals surface area contributed by atoms with Gasteiger partial charge in [0.05, 0.1) is 11.7 Å². The van der Waals surface area contributed by atoms with Crippen molar-refractivity contribution in [2.75, 3.05) is 38.1 Å². The first-order valence-electron chi connectivity index (χ1n) is 14.0. The number of rotatable bonds is 7. The lowest BCUT2D eigenvalue weighted by atomic mass is 9.92. The molecule has 1 N–H and O–H groups in total. The Kier molecular flexibility index (Phi) is 9.54. The van der Waals surface area contributed by atoms with Crippen LogP contribution in [-0.2, 0) is 12.8 Å². The van der Waals surface area contributed by atoms with E-state index in [9.17, 15) is 0 Å². The lowest BCUT2D eigenvalue weighted by Gasteiger charge is -2.44. The van der Waals surface area contributed by atoms with Crippen molar-refractivity contribution < 1.29 is 0 Å². The topological polar surface area (TPSA) is 30.9 Å². The number of hydrogen-bond donors (Lipinski definition) is 1. The second-order valence-corrected chi connectivity index (χ2v) is 11.7. The Bertz CT molecular complexity index is 1090. The van der Waals surface area contributed by atoms with Gasteiger partial charge in [-0.15, -0.1) is 0 Å². The number of alkyl halides is 1. The summed E-state index contributed by atoms with van der Waals surface area (Å²) in [7, 11) is 0. The van der Waals surface area contributed by atoms with Gasteiger partial charge in [-0.3, -0.25) is 14.8 Å². The molecule has 2 unspecified atom stereocenters. The summed E-state index contributed by atoms with van der Waals surface area (Å²) in [5.41, 5.74) is 6.98. The molecular formula is C31H40BrClN4. The van der Waals surface area contributed by atoms with Crippen LogP contribution in [-0.4, -0.2) is 66.2 Å². The molecule has 198 valence electrons. The fraction of sp³-hybridized carbons (Fsp3) is 0.516. The Labute approximate surface area is 236 Å². The number of likely N-dealkylation sites (tertiary alicyclic amines) is 1. The van der Waals surface area contributed by atoms with E-state index in [2.05, 4.69) is 86.5 Å². The molecule has 0 amide bonds. The molecule has 2 aliphatic heterocycles. The highest BCUT2D eigenvalue weighted by Gasteiger charge is 2.35. The first kappa shape index (κ1) is 27.1. The van der Waals surface area contributed by atoms with E-state index in [0.717, 1.165) is 68.8 Å². The zero-order valence-corrected chi connectivity index (χ0v) is 24.4. The highest BCUT2D eigenvalue weighted by atomic mass is 79.9. The SMILES string of the molecule is CCC1=C(N=CCBr)C(N2CCC(N3CCNC(Cc4ccccc4)C3)CC2)c2ccc(Cl)cc2CC1. The van der Waals surface area contributed by atoms with Gasteiger partial charge in [0.25, 0.3) is 0 Å². The Morgan fingerprint density at radius 2 is 1.86 bits per heavy atom. The summed E-state index contributed by atoms with van der Waals surface area (Å²) >= 11 is 10.0. The van der Waals surface area contributed by atoms with Gasteiger partial charge >= 0.3 is 0 Å². The maximum absolute atomic E-state index is 6.45. The van der Waals surface area contributed by atoms with E-state index in [4.69, 9.17) is 16.6 Å². The van der Waals surface area contributed by atoms with Crippen LogP contribution in [0.3, 0.4) is 0 Å². The van der Waals surface area contributed by atoms with Gasteiger partial charge in [0.2, 0.25) is 0 Å². The van der Waals surface area contributed by atoms with Crippen LogP contribution in [0.5, 0.6) is 0 Å². The molecule has 4 nitrogen and oxygen atoms in total. The Balaban J connectivity index is 1.31. The first-order chi connectivity index (χ1) is 18.2. The number of aryl methyl sites for hydroxylation is 1. The number of nitrogens with one attached hydrogen (secondary N) is 1. The molecule has 2 saturated heterocycles. The average Bonchev–Trinajstić information content (AvgIpc) is 3.08. The van der Waals surface area contributed by atoms with Gasteiger partial charge < -0.3 is 5.32 Å². The largest absolute Gasteiger partial charge is 0.311 e. The molecule has 5 rings (SSSR count). The van der Waals surface area contributed by atoms with E-state index in [1.165, 1.54) is 40.8 Å². The van der Waals surface area contributed by atoms with Crippen molar-refractivity contribution in [3.8, 4) is 0 Å². The van der Waals surface area contributed by atoms with Crippen molar-refractivity contribution in [2.24, 2.45) is 4.99 Å². The predicted octanol–water partition coefficient (Wildman–Crippen LogP) is 6.44. The highest BCUT2D eigenvalue weighted by molar-refractivity contribution is 9.09. The summed E-state index contributed by atoms with van der Waals surface area (Å²) in [5, 5.41) is 5.39. The number of halogens is 2. The molecule has 0 spiro atoms. The van der Waals surface area contributed by atoms with Crippen LogP contribution in [0.15, 0.2) is 64.8 Å². The smallest absolute Gasteiger partial charge is 0.0778 e. The quantitative estimate of drug-likeness (QED) is 0.301. The third-order valence-electron chi connectivity index (χ3n) is 8.44. The highest BCUT2D eigenvalue weighted by Crippen LogP contribution is 2.41. The molecule has 6 heteroatoms. The van der Waals surface area contributed by atoms with Crippen molar-refractivity contribution in [1.82, 2.24) is 15.1 Å². The van der Waals surface area contributed by atoms with Crippen LogP contribution in [0.2, 0.25) is 5.02 Å². The van der Waals surface area contributed by atoms with E-state index in [-0.39, 0.29) is 6.04 Å². The molecule has 2 atom stereocenters. The lowest BCUT2D eigenvalue weighted by Crippen LogP contribution is -2.56. The minimum absolute atomic E-state index is 0.217. The first-order valence-corrected chi connectivity index (χ1v) is 15.5. The predicted molar refractivity (Wildman–Crippen MR) is 160 cm³/mol. The van der Waals surface area contributed by atoms with Crippen LogP contribution in [0.25, 0.3) is 0 Å². The molecule has 1 aliphatic carbocycles. The Morgan fingerprint density at radius 1 is 1.05 bits per heavy atom.